The Labute approximate surface area is 702 Å². The van der Waals surface area contributed by atoms with Crippen molar-refractivity contribution >= 4 is 198 Å². The van der Waals surface area contributed by atoms with Crippen LogP contribution < -0.4 is 26.2 Å². The molecule has 5 aromatic heterocycles. The molecule has 0 radical (unpaired) electrons. The summed E-state index contributed by atoms with van der Waals surface area (Å²) in [7, 11) is 0. The van der Waals surface area contributed by atoms with Crippen LogP contribution in [-0.2, 0) is 0 Å². The minimum atomic E-state index is -0.691. The van der Waals surface area contributed by atoms with Crippen LogP contribution in [0.2, 0.25) is 0 Å². The molecule has 6 heteroatoms. The third kappa shape index (κ3) is 9.61. The van der Waals surface area contributed by atoms with Crippen LogP contribution in [0, 0.1) is 0 Å². The number of fused-ring (bicyclic) bond motifs is 27. The molecule has 5 nitrogen and oxygen atoms in total. The van der Waals surface area contributed by atoms with E-state index in [0.29, 0.717) is 17.1 Å². The first-order valence-electron chi connectivity index (χ1n) is 45.0. The van der Waals surface area contributed by atoms with E-state index in [2.05, 4.69) is 383 Å². The number of nitrogens with zero attached hydrogens (tertiary/aromatic N) is 5. The maximum absolute atomic E-state index is 10.4. The van der Waals surface area contributed by atoms with Crippen LogP contribution in [0.25, 0.3) is 191 Å². The molecule has 0 aliphatic carbocycles. The van der Waals surface area contributed by atoms with Crippen molar-refractivity contribution in [3.63, 3.8) is 0 Å². The Morgan fingerprint density at radius 3 is 0.908 bits per heavy atom. The lowest BCUT2D eigenvalue weighted by molar-refractivity contribution is 1.16. The van der Waals surface area contributed by atoms with Gasteiger partial charge in [0.05, 0.1) is 72.2 Å². The summed E-state index contributed by atoms with van der Waals surface area (Å²) >= 11 is 0. The summed E-state index contributed by atoms with van der Waals surface area (Å²) in [5.74, 6) is 0. The first kappa shape index (κ1) is 59.0. The first-order chi connectivity index (χ1) is 62.9. The number of hydrogen-bond acceptors (Lipinski definition) is 2. The monoisotopic (exact) mass is 1530 g/mol. The van der Waals surface area contributed by atoms with Crippen molar-refractivity contribution < 1.29 is 11.0 Å². The molecule has 24 aromatic rings. The van der Waals surface area contributed by atoms with Gasteiger partial charge in [-0.05, 0) is 166 Å². The van der Waals surface area contributed by atoms with Crippen LogP contribution in [0.3, 0.4) is 0 Å². The van der Waals surface area contributed by atoms with E-state index in [9.17, 15) is 11.0 Å². The number of benzene rings is 19. The highest BCUT2D eigenvalue weighted by Gasteiger charge is 2.46. The van der Waals surface area contributed by atoms with Gasteiger partial charge >= 0.3 is 0 Å². The van der Waals surface area contributed by atoms with Crippen molar-refractivity contribution in [3.8, 4) is 50.2 Å². The van der Waals surface area contributed by atoms with Gasteiger partial charge in [-0.2, -0.15) is 0 Å². The second-order valence-electron chi connectivity index (χ2n) is 31.9. The predicted molar refractivity (Wildman–Crippen MR) is 511 cm³/mol. The van der Waals surface area contributed by atoms with E-state index in [1.54, 1.807) is 4.57 Å². The molecule has 2 aliphatic heterocycles. The van der Waals surface area contributed by atoms with E-state index in [-0.39, 0.29) is 21.8 Å². The van der Waals surface area contributed by atoms with Crippen LogP contribution >= 0.6 is 0 Å². The van der Waals surface area contributed by atoms with Gasteiger partial charge in [-0.15, -0.1) is 0 Å². The zero-order chi connectivity index (χ0) is 85.3. The minimum Gasteiger partial charge on any atom is -0.311 e. The van der Waals surface area contributed by atoms with Gasteiger partial charge < -0.3 is 23.2 Å². The lowest BCUT2D eigenvalue weighted by Crippen LogP contribution is -2.61. The normalized spacial score (nSPS) is 13.6. The van der Waals surface area contributed by atoms with Crippen molar-refractivity contribution in [1.82, 2.24) is 13.4 Å². The van der Waals surface area contributed by atoms with Gasteiger partial charge in [-0.25, -0.2) is 0 Å². The molecule has 120 heavy (non-hydrogen) atoms. The summed E-state index contributed by atoms with van der Waals surface area (Å²) in [6, 6.07) is 133. The summed E-state index contributed by atoms with van der Waals surface area (Å²) in [4.78, 5) is 4.91. The third-order valence-corrected chi connectivity index (χ3v) is 25.8. The van der Waals surface area contributed by atoms with Gasteiger partial charge in [0.25, 0.3) is 6.71 Å². The SMILES string of the molecule is [2H]c1c([2H])c([2H])c2c(c1[2H])c1c([2H])c([2H])c([2H])c([2H])c1n2-c1cc2c3c(c1)N(c1ccc(-c4ccccc4)cc1-c1ccccc1)c1cc4c(cc1B3c1cc3c5ccccc5c5ccccc5c5cccc6c7ccccc7n(c3cc1N2c1ccc(-c2ccccc2)cc1-c1ccccc1)c56)c1ccccc1c1ccccc1c1cccc2c3ccccc3n4c12. The molecule has 19 aromatic carbocycles. The Hall–Kier alpha value is -15.8. The molecule has 0 unspecified atom stereocenters. The Kier molecular flexibility index (Phi) is 12.7. The van der Waals surface area contributed by atoms with Crippen LogP contribution in [-0.4, -0.2) is 20.1 Å². The highest BCUT2D eigenvalue weighted by molar-refractivity contribution is 7.00. The quantitative estimate of drug-likeness (QED) is 0.148. The number of hydrogen-bond donors (Lipinski definition) is 0. The summed E-state index contributed by atoms with van der Waals surface area (Å²) in [5, 5.41) is 17.1. The van der Waals surface area contributed by atoms with Crippen molar-refractivity contribution in [2.24, 2.45) is 0 Å². The maximum atomic E-state index is 10.4. The highest BCUT2D eigenvalue weighted by atomic mass is 15.2. The summed E-state index contributed by atoms with van der Waals surface area (Å²) in [6.07, 6.45) is 0. The topological polar surface area (TPSA) is 20.2 Å². The van der Waals surface area contributed by atoms with Crippen LogP contribution in [0.15, 0.2) is 424 Å². The lowest BCUT2D eigenvalue weighted by Gasteiger charge is -2.45. The molecule has 0 bridgehead atoms. The fourth-order valence-corrected chi connectivity index (χ4v) is 20.7. The van der Waals surface area contributed by atoms with Crippen molar-refractivity contribution in [1.29, 1.82) is 0 Å². The van der Waals surface area contributed by atoms with E-state index in [1.165, 1.54) is 0 Å². The van der Waals surface area contributed by atoms with Gasteiger partial charge in [-0.1, -0.05) is 352 Å². The maximum Gasteiger partial charge on any atom is 0.252 e. The average Bonchev–Trinajstić information content (AvgIpc) is 1.43. The Bertz CT molecular complexity index is 8630. The van der Waals surface area contributed by atoms with E-state index >= 15 is 0 Å². The Balaban J connectivity index is 0.946. The second kappa shape index (κ2) is 25.9. The first-order valence-corrected chi connectivity index (χ1v) is 41.0. The largest absolute Gasteiger partial charge is 0.311 e. The molecule has 0 saturated carbocycles. The van der Waals surface area contributed by atoms with Gasteiger partial charge in [-0.3, -0.25) is 0 Å². The zero-order valence-corrected chi connectivity index (χ0v) is 64.6. The third-order valence-electron chi connectivity index (χ3n) is 25.8. The summed E-state index contributed by atoms with van der Waals surface area (Å²) in [6.45, 7) is -0.691. The molecule has 0 atom stereocenters. The summed E-state index contributed by atoms with van der Waals surface area (Å²) in [5.41, 5.74) is 21.8. The highest BCUT2D eigenvalue weighted by Crippen LogP contribution is 2.54. The minimum absolute atomic E-state index is 0.000144. The predicted octanol–water partition coefficient (Wildman–Crippen LogP) is 28.7. The fraction of sp³-hybridized carbons (Fsp3) is 0. The van der Waals surface area contributed by atoms with Crippen LogP contribution in [0.4, 0.5) is 34.1 Å². The molecule has 7 heterocycles. The van der Waals surface area contributed by atoms with E-state index < -0.39 is 55.1 Å². The molecule has 0 saturated heterocycles. The van der Waals surface area contributed by atoms with Gasteiger partial charge in [0.2, 0.25) is 0 Å². The van der Waals surface area contributed by atoms with Crippen molar-refractivity contribution in [3.05, 3.63) is 424 Å². The van der Waals surface area contributed by atoms with Crippen molar-refractivity contribution in [2.75, 3.05) is 9.80 Å². The molecule has 0 fully saturated rings. The van der Waals surface area contributed by atoms with Crippen LogP contribution in [0.1, 0.15) is 11.0 Å². The molecular formula is C114H70BN5. The van der Waals surface area contributed by atoms with Gasteiger partial charge in [0.1, 0.15) is 0 Å². The second-order valence-corrected chi connectivity index (χ2v) is 31.9. The fourth-order valence-electron chi connectivity index (χ4n) is 20.7. The molecule has 554 valence electrons. The average molecular weight is 1530 g/mol. The van der Waals surface area contributed by atoms with Gasteiger partial charge in [0, 0.05) is 87.7 Å². The standard InChI is InChI=1S/C114H70BN5/c1-5-31-71(32-6-1)75-59-61-104(94(63-75)73-35-9-3-10-36-73)117-108-69-106-96(84-45-19-15-41-80(84)78-39-13-17-43-82(78)90-51-29-53-92-88-49-23-27-57-102(88)119(106)113(90)92)67-98(108)115-99-68-97-85-46-20-16-42-81(85)79-40-14-18-44-83(79)91-52-30-54-93-89-50-24-28-58-103(89)120(114(91)93)107(97)70-109(99)118(105-62-60-76(72-33-7-2-8-34-72)64-95(105)74-37-11-4-12-38-74)111-66-77(65-110(117)112(111)115)116-100-55-25-21-47-86(100)87-48-22-26-56-101(87)116/h1-70H/i21D,22D,25D,26D,47D,48D,55D,56D. The summed E-state index contributed by atoms with van der Waals surface area (Å²) < 4.78 is 86.0. The van der Waals surface area contributed by atoms with E-state index in [4.69, 9.17) is 0 Å². The molecule has 0 amide bonds. The van der Waals surface area contributed by atoms with Crippen molar-refractivity contribution in [2.45, 2.75) is 0 Å². The lowest BCUT2D eigenvalue weighted by atomic mass is 9.33. The number of aromatic nitrogens is 3. The Morgan fingerprint density at radius 2 is 0.517 bits per heavy atom. The molecule has 26 rings (SSSR count). The molecule has 2 aliphatic rings. The number of para-hydroxylation sites is 6. The number of anilines is 6. The molecule has 0 spiro atoms. The van der Waals surface area contributed by atoms with E-state index in [0.717, 1.165) is 203 Å². The van der Waals surface area contributed by atoms with E-state index in [1.807, 2.05) is 12.1 Å². The smallest absolute Gasteiger partial charge is 0.252 e. The van der Waals surface area contributed by atoms with Crippen LogP contribution in [0.5, 0.6) is 0 Å². The molecular weight excluding hydrogens is 1450 g/mol. The zero-order valence-electron chi connectivity index (χ0n) is 72.6. The van der Waals surface area contributed by atoms with Gasteiger partial charge in [0.15, 0.2) is 0 Å². The molecule has 0 N–H and O–H groups in total. The number of rotatable bonds is 7. The Morgan fingerprint density at radius 1 is 0.200 bits per heavy atom.